The number of anilines is 1. The number of amides is 1. The smallest absolute Gasteiger partial charge is 0.241 e. The minimum absolute atomic E-state index is 0.111. The van der Waals surface area contributed by atoms with E-state index >= 15 is 0 Å². The number of rotatable bonds is 3. The highest BCUT2D eigenvalue weighted by molar-refractivity contribution is 6.28. The molecular weight excluding hydrogens is 240 g/mol. The zero-order chi connectivity index (χ0) is 12.3. The van der Waals surface area contributed by atoms with E-state index in [1.165, 1.54) is 0 Å². The average molecular weight is 251 g/mol. The molecule has 1 amide bonds. The lowest BCUT2D eigenvalue weighted by molar-refractivity contribution is -0.114. The number of hydrogen-bond donors (Lipinski definition) is 1. The molecule has 0 aliphatic carbocycles. The van der Waals surface area contributed by atoms with Crippen LogP contribution in [0.2, 0.25) is 0 Å². The number of nitrogens with one attached hydrogen (secondary N) is 1. The first kappa shape index (κ1) is 11.7. The van der Waals surface area contributed by atoms with E-state index in [4.69, 9.17) is 16.1 Å². The third kappa shape index (κ3) is 2.65. The van der Waals surface area contributed by atoms with E-state index in [0.717, 1.165) is 11.1 Å². The minimum Gasteiger partial charge on any atom is -0.338 e. The Morgan fingerprint density at radius 1 is 1.47 bits per heavy atom. The maximum atomic E-state index is 11.1. The zero-order valence-electron chi connectivity index (χ0n) is 9.24. The van der Waals surface area contributed by atoms with Crippen molar-refractivity contribution in [3.05, 3.63) is 35.9 Å². The highest BCUT2D eigenvalue weighted by atomic mass is 35.5. The number of aryl methyl sites for hydroxylation is 1. The first-order chi connectivity index (χ1) is 8.20. The summed E-state index contributed by atoms with van der Waals surface area (Å²) in [5, 5.41) is 6.40. The number of aromatic nitrogens is 1. The van der Waals surface area contributed by atoms with Crippen molar-refractivity contribution >= 4 is 23.4 Å². The van der Waals surface area contributed by atoms with Gasteiger partial charge in [0.2, 0.25) is 11.8 Å². The van der Waals surface area contributed by atoms with Gasteiger partial charge in [-0.15, -0.1) is 11.6 Å². The van der Waals surface area contributed by atoms with Crippen LogP contribution in [0.5, 0.6) is 0 Å². The van der Waals surface area contributed by atoms with E-state index in [2.05, 4.69) is 10.5 Å². The maximum Gasteiger partial charge on any atom is 0.241 e. The van der Waals surface area contributed by atoms with E-state index in [9.17, 15) is 4.79 Å². The SMILES string of the molecule is Cc1ccccc1-c1cc(NC(=O)CCl)on1. The van der Waals surface area contributed by atoms with E-state index in [-0.39, 0.29) is 11.8 Å². The summed E-state index contributed by atoms with van der Waals surface area (Å²) in [6.07, 6.45) is 0. The third-order valence-corrected chi connectivity index (χ3v) is 2.56. The predicted octanol–water partition coefficient (Wildman–Crippen LogP) is 2.83. The summed E-state index contributed by atoms with van der Waals surface area (Å²) >= 11 is 5.38. The molecule has 0 atom stereocenters. The first-order valence-corrected chi connectivity index (χ1v) is 5.62. The molecule has 5 heteroatoms. The van der Waals surface area contributed by atoms with Crippen molar-refractivity contribution in [1.82, 2.24) is 5.16 Å². The molecule has 88 valence electrons. The summed E-state index contributed by atoms with van der Waals surface area (Å²) in [6, 6.07) is 9.48. The third-order valence-electron chi connectivity index (χ3n) is 2.32. The summed E-state index contributed by atoms with van der Waals surface area (Å²) in [6.45, 7) is 1.99. The average Bonchev–Trinajstić information content (AvgIpc) is 2.78. The van der Waals surface area contributed by atoms with Crippen LogP contribution in [0.4, 0.5) is 5.88 Å². The number of hydrogen-bond acceptors (Lipinski definition) is 3. The molecule has 0 aliphatic heterocycles. The maximum absolute atomic E-state index is 11.1. The fraction of sp³-hybridized carbons (Fsp3) is 0.167. The van der Waals surface area contributed by atoms with Crippen LogP contribution in [0, 0.1) is 6.92 Å². The van der Waals surface area contributed by atoms with Gasteiger partial charge in [-0.1, -0.05) is 29.4 Å². The first-order valence-electron chi connectivity index (χ1n) is 5.09. The second kappa shape index (κ2) is 5.01. The fourth-order valence-electron chi connectivity index (χ4n) is 1.49. The van der Waals surface area contributed by atoms with Crippen molar-refractivity contribution in [3.8, 4) is 11.3 Å². The van der Waals surface area contributed by atoms with Crippen molar-refractivity contribution in [2.24, 2.45) is 0 Å². The number of nitrogens with zero attached hydrogens (tertiary/aromatic N) is 1. The Labute approximate surface area is 104 Å². The van der Waals surface area contributed by atoms with Gasteiger partial charge in [0.05, 0.1) is 0 Å². The van der Waals surface area contributed by atoms with Gasteiger partial charge in [-0.3, -0.25) is 10.1 Å². The quantitative estimate of drug-likeness (QED) is 0.853. The van der Waals surface area contributed by atoms with Gasteiger partial charge < -0.3 is 4.52 Å². The fourth-order valence-corrected chi connectivity index (χ4v) is 1.56. The van der Waals surface area contributed by atoms with Gasteiger partial charge in [0.15, 0.2) is 0 Å². The van der Waals surface area contributed by atoms with Crippen LogP contribution in [0.15, 0.2) is 34.9 Å². The van der Waals surface area contributed by atoms with E-state index < -0.39 is 0 Å². The standard InChI is InChI=1S/C12H11ClN2O2/c1-8-4-2-3-5-9(8)10-6-12(17-15-10)14-11(16)7-13/h2-6H,7H2,1H3,(H,14,16). The molecule has 2 rings (SSSR count). The Balaban J connectivity index is 2.24. The minimum atomic E-state index is -0.320. The Hall–Kier alpha value is -1.81. The highest BCUT2D eigenvalue weighted by Gasteiger charge is 2.10. The molecule has 0 bridgehead atoms. The zero-order valence-corrected chi connectivity index (χ0v) is 9.99. The van der Waals surface area contributed by atoms with Gasteiger partial charge in [-0.05, 0) is 12.5 Å². The Morgan fingerprint density at radius 2 is 2.24 bits per heavy atom. The molecular formula is C12H11ClN2O2. The number of benzene rings is 1. The molecule has 0 radical (unpaired) electrons. The van der Waals surface area contributed by atoms with E-state index in [1.807, 2.05) is 31.2 Å². The van der Waals surface area contributed by atoms with Crippen LogP contribution in [-0.4, -0.2) is 16.9 Å². The predicted molar refractivity (Wildman–Crippen MR) is 66.0 cm³/mol. The summed E-state index contributed by atoms with van der Waals surface area (Å²) in [7, 11) is 0. The largest absolute Gasteiger partial charge is 0.338 e. The summed E-state index contributed by atoms with van der Waals surface area (Å²) < 4.78 is 5.01. The van der Waals surface area contributed by atoms with Crippen LogP contribution in [0.3, 0.4) is 0 Å². The lowest BCUT2D eigenvalue weighted by Crippen LogP contribution is -2.11. The molecule has 0 saturated heterocycles. The molecule has 0 spiro atoms. The number of carbonyl (C=O) groups is 1. The van der Waals surface area contributed by atoms with Crippen molar-refractivity contribution in [1.29, 1.82) is 0 Å². The van der Waals surface area contributed by atoms with Crippen LogP contribution >= 0.6 is 11.6 Å². The Kier molecular flexibility index (Phi) is 3.44. The van der Waals surface area contributed by atoms with Crippen molar-refractivity contribution in [3.63, 3.8) is 0 Å². The van der Waals surface area contributed by atoms with Gasteiger partial charge in [0, 0.05) is 11.6 Å². The molecule has 1 aromatic heterocycles. The van der Waals surface area contributed by atoms with Crippen LogP contribution in [0.25, 0.3) is 11.3 Å². The van der Waals surface area contributed by atoms with Gasteiger partial charge in [0.1, 0.15) is 11.6 Å². The lowest BCUT2D eigenvalue weighted by Gasteiger charge is -1.99. The highest BCUT2D eigenvalue weighted by Crippen LogP contribution is 2.24. The van der Waals surface area contributed by atoms with Crippen LogP contribution in [0.1, 0.15) is 5.56 Å². The normalized spacial score (nSPS) is 10.2. The molecule has 0 fully saturated rings. The second-order valence-corrected chi connectivity index (χ2v) is 3.84. The van der Waals surface area contributed by atoms with E-state index in [1.54, 1.807) is 6.07 Å². The number of carbonyl (C=O) groups excluding carboxylic acids is 1. The van der Waals surface area contributed by atoms with Crippen LogP contribution < -0.4 is 5.32 Å². The van der Waals surface area contributed by atoms with Gasteiger partial charge >= 0.3 is 0 Å². The van der Waals surface area contributed by atoms with Gasteiger partial charge in [-0.25, -0.2) is 0 Å². The lowest BCUT2D eigenvalue weighted by atomic mass is 10.1. The topological polar surface area (TPSA) is 55.1 Å². The molecule has 4 nitrogen and oxygen atoms in total. The molecule has 0 saturated carbocycles. The molecule has 17 heavy (non-hydrogen) atoms. The molecule has 1 heterocycles. The Morgan fingerprint density at radius 3 is 2.94 bits per heavy atom. The molecule has 0 unspecified atom stereocenters. The molecule has 0 aliphatic rings. The summed E-state index contributed by atoms with van der Waals surface area (Å²) in [4.78, 5) is 11.1. The summed E-state index contributed by atoms with van der Waals surface area (Å²) in [5.74, 6) is -0.131. The second-order valence-electron chi connectivity index (χ2n) is 3.57. The van der Waals surface area contributed by atoms with Crippen LogP contribution in [-0.2, 0) is 4.79 Å². The Bertz CT molecular complexity index is 537. The molecule has 1 N–H and O–H groups in total. The van der Waals surface area contributed by atoms with Crippen molar-refractivity contribution in [2.45, 2.75) is 6.92 Å². The number of alkyl halides is 1. The number of halogens is 1. The van der Waals surface area contributed by atoms with Crippen molar-refractivity contribution < 1.29 is 9.32 Å². The summed E-state index contributed by atoms with van der Waals surface area (Å²) in [5.41, 5.74) is 2.76. The molecule has 2 aromatic rings. The monoisotopic (exact) mass is 250 g/mol. The van der Waals surface area contributed by atoms with Gasteiger partial charge in [-0.2, -0.15) is 0 Å². The molecule has 1 aromatic carbocycles. The van der Waals surface area contributed by atoms with E-state index in [0.29, 0.717) is 11.6 Å². The van der Waals surface area contributed by atoms with Crippen molar-refractivity contribution in [2.75, 3.05) is 11.2 Å². The van der Waals surface area contributed by atoms with Gasteiger partial charge in [0.25, 0.3) is 0 Å².